The number of aryl methyl sites for hydroxylation is 1. The Bertz CT molecular complexity index is 572. The first kappa shape index (κ1) is 12.4. The number of carbonyl (C=O) groups excluding carboxylic acids is 1. The molecule has 0 aliphatic heterocycles. The number of fused-ring (bicyclic) bond motifs is 1. The van der Waals surface area contributed by atoms with Crippen molar-refractivity contribution in [1.29, 1.82) is 0 Å². The Kier molecular flexibility index (Phi) is 3.65. The highest BCUT2D eigenvalue weighted by Crippen LogP contribution is 2.25. The van der Waals surface area contributed by atoms with Crippen LogP contribution in [0.25, 0.3) is 0 Å². The normalized spacial score (nSPS) is 14.2. The summed E-state index contributed by atoms with van der Waals surface area (Å²) >= 11 is 1.76. The third-order valence-corrected chi connectivity index (χ3v) is 4.36. The van der Waals surface area contributed by atoms with Crippen molar-refractivity contribution in [3.8, 4) is 5.75 Å². The van der Waals surface area contributed by atoms with Crippen LogP contribution in [0.15, 0.2) is 35.7 Å². The maximum absolute atomic E-state index is 11.7. The zero-order chi connectivity index (χ0) is 13.1. The second kappa shape index (κ2) is 5.57. The van der Waals surface area contributed by atoms with Gasteiger partial charge >= 0.3 is 0 Å². The molecule has 1 aromatic heterocycles. The molecule has 0 spiro atoms. The Labute approximate surface area is 117 Å². The average molecular weight is 272 g/mol. The summed E-state index contributed by atoms with van der Waals surface area (Å²) in [7, 11) is 0. The van der Waals surface area contributed by atoms with Gasteiger partial charge < -0.3 is 4.74 Å². The predicted octanol–water partition coefficient (Wildman–Crippen LogP) is 3.89. The Morgan fingerprint density at radius 2 is 2.16 bits per heavy atom. The van der Waals surface area contributed by atoms with Gasteiger partial charge in [-0.3, -0.25) is 4.79 Å². The van der Waals surface area contributed by atoms with Crippen LogP contribution in [-0.4, -0.2) is 12.4 Å². The van der Waals surface area contributed by atoms with E-state index in [4.69, 9.17) is 4.74 Å². The molecule has 19 heavy (non-hydrogen) atoms. The van der Waals surface area contributed by atoms with E-state index in [-0.39, 0.29) is 5.78 Å². The highest BCUT2D eigenvalue weighted by molar-refractivity contribution is 7.09. The predicted molar refractivity (Wildman–Crippen MR) is 77.2 cm³/mol. The molecule has 0 N–H and O–H groups in total. The van der Waals surface area contributed by atoms with Gasteiger partial charge in [-0.1, -0.05) is 6.07 Å². The van der Waals surface area contributed by atoms with Crippen LogP contribution in [0.4, 0.5) is 0 Å². The Morgan fingerprint density at radius 1 is 1.21 bits per heavy atom. The van der Waals surface area contributed by atoms with E-state index in [1.54, 1.807) is 11.3 Å². The van der Waals surface area contributed by atoms with Crippen LogP contribution in [-0.2, 0) is 12.8 Å². The Balaban J connectivity index is 1.64. The highest BCUT2D eigenvalue weighted by Gasteiger charge is 2.17. The van der Waals surface area contributed by atoms with Gasteiger partial charge in [-0.05, 0) is 48.1 Å². The molecule has 0 saturated heterocycles. The molecule has 1 heterocycles. The fourth-order valence-electron chi connectivity index (χ4n) is 2.44. The first-order valence-electron chi connectivity index (χ1n) is 6.64. The fourth-order valence-corrected chi connectivity index (χ4v) is 3.13. The molecule has 0 saturated carbocycles. The molecule has 1 aliphatic rings. The lowest BCUT2D eigenvalue weighted by Crippen LogP contribution is -2.11. The van der Waals surface area contributed by atoms with Crippen molar-refractivity contribution in [2.45, 2.75) is 25.7 Å². The van der Waals surface area contributed by atoms with E-state index in [1.165, 1.54) is 4.88 Å². The van der Waals surface area contributed by atoms with Crippen molar-refractivity contribution >= 4 is 17.1 Å². The molecule has 2 nitrogen and oxygen atoms in total. The van der Waals surface area contributed by atoms with E-state index in [9.17, 15) is 4.79 Å². The number of benzene rings is 1. The van der Waals surface area contributed by atoms with Crippen LogP contribution in [0.2, 0.25) is 0 Å². The van der Waals surface area contributed by atoms with Gasteiger partial charge in [0.15, 0.2) is 5.78 Å². The smallest absolute Gasteiger partial charge is 0.163 e. The summed E-state index contributed by atoms with van der Waals surface area (Å²) in [6.45, 7) is 0.688. The fraction of sp³-hybridized carbons (Fsp3) is 0.312. The minimum Gasteiger partial charge on any atom is -0.493 e. The van der Waals surface area contributed by atoms with Gasteiger partial charge in [0.25, 0.3) is 0 Å². The molecule has 3 rings (SSSR count). The van der Waals surface area contributed by atoms with Crippen molar-refractivity contribution in [2.75, 3.05) is 6.61 Å². The van der Waals surface area contributed by atoms with Gasteiger partial charge in [-0.25, -0.2) is 0 Å². The van der Waals surface area contributed by atoms with Crippen molar-refractivity contribution < 1.29 is 9.53 Å². The number of Topliss-reactive ketones (excluding diaryl/α,β-unsaturated/α-hetero) is 1. The second-order valence-corrected chi connectivity index (χ2v) is 5.81. The zero-order valence-electron chi connectivity index (χ0n) is 10.7. The first-order chi connectivity index (χ1) is 9.33. The molecule has 3 heteroatoms. The second-order valence-electron chi connectivity index (χ2n) is 4.77. The lowest BCUT2D eigenvalue weighted by molar-refractivity contribution is 0.0972. The molecular formula is C16H16O2S. The number of hydrogen-bond donors (Lipinski definition) is 0. The summed E-state index contributed by atoms with van der Waals surface area (Å²) in [6.07, 6.45) is 3.58. The number of hydrogen-bond acceptors (Lipinski definition) is 3. The molecule has 0 amide bonds. The molecule has 1 aliphatic carbocycles. The molecular weight excluding hydrogens is 256 g/mol. The third kappa shape index (κ3) is 2.87. The van der Waals surface area contributed by atoms with Gasteiger partial charge in [-0.2, -0.15) is 0 Å². The summed E-state index contributed by atoms with van der Waals surface area (Å²) in [5, 5.41) is 2.08. The molecule has 98 valence electrons. The molecule has 0 radical (unpaired) electrons. The summed E-state index contributed by atoms with van der Waals surface area (Å²) in [4.78, 5) is 13.1. The monoisotopic (exact) mass is 272 g/mol. The van der Waals surface area contributed by atoms with E-state index < -0.39 is 0 Å². The summed E-state index contributed by atoms with van der Waals surface area (Å²) in [5.41, 5.74) is 2.03. The lowest BCUT2D eigenvalue weighted by atomic mass is 9.90. The van der Waals surface area contributed by atoms with E-state index in [0.29, 0.717) is 13.0 Å². The van der Waals surface area contributed by atoms with Crippen molar-refractivity contribution in [1.82, 2.24) is 0 Å². The van der Waals surface area contributed by atoms with Gasteiger partial charge in [-0.15, -0.1) is 11.3 Å². The lowest BCUT2D eigenvalue weighted by Gasteiger charge is -2.15. The SMILES string of the molecule is O=C1CCCc2cc(OCCc3cccs3)ccc21. The van der Waals surface area contributed by atoms with Crippen LogP contribution in [0.1, 0.15) is 33.6 Å². The minimum absolute atomic E-state index is 0.270. The standard InChI is InChI=1S/C16H16O2S/c17-16-5-1-3-12-11-13(6-7-15(12)16)18-9-8-14-4-2-10-19-14/h2,4,6-7,10-11H,1,3,5,8-9H2. The first-order valence-corrected chi connectivity index (χ1v) is 7.52. The van der Waals surface area contributed by atoms with E-state index in [2.05, 4.69) is 17.5 Å². The number of rotatable bonds is 4. The van der Waals surface area contributed by atoms with Gasteiger partial charge in [0.2, 0.25) is 0 Å². The Morgan fingerprint density at radius 3 is 3.00 bits per heavy atom. The summed E-state index contributed by atoms with van der Waals surface area (Å²) in [5.74, 6) is 1.15. The number of ketones is 1. The largest absolute Gasteiger partial charge is 0.493 e. The molecule has 2 aromatic rings. The maximum Gasteiger partial charge on any atom is 0.163 e. The minimum atomic E-state index is 0.270. The molecule has 0 fully saturated rings. The van der Waals surface area contributed by atoms with Crippen molar-refractivity contribution in [2.24, 2.45) is 0 Å². The number of ether oxygens (including phenoxy) is 1. The van der Waals surface area contributed by atoms with Crippen LogP contribution < -0.4 is 4.74 Å². The zero-order valence-corrected chi connectivity index (χ0v) is 11.5. The van der Waals surface area contributed by atoms with Crippen LogP contribution in [0.5, 0.6) is 5.75 Å². The highest BCUT2D eigenvalue weighted by atomic mass is 32.1. The maximum atomic E-state index is 11.7. The van der Waals surface area contributed by atoms with Crippen LogP contribution in [0, 0.1) is 0 Å². The molecule has 0 bridgehead atoms. The van der Waals surface area contributed by atoms with E-state index in [1.807, 2.05) is 18.2 Å². The average Bonchev–Trinajstić information content (AvgIpc) is 2.92. The van der Waals surface area contributed by atoms with Gasteiger partial charge in [0.1, 0.15) is 5.75 Å². The van der Waals surface area contributed by atoms with E-state index in [0.717, 1.165) is 36.1 Å². The summed E-state index contributed by atoms with van der Waals surface area (Å²) in [6, 6.07) is 10.0. The van der Waals surface area contributed by atoms with Crippen molar-refractivity contribution in [3.05, 3.63) is 51.7 Å². The number of carbonyl (C=O) groups is 1. The summed E-state index contributed by atoms with van der Waals surface area (Å²) < 4.78 is 5.78. The Hall–Kier alpha value is -1.61. The van der Waals surface area contributed by atoms with Crippen LogP contribution >= 0.6 is 11.3 Å². The van der Waals surface area contributed by atoms with Gasteiger partial charge in [0.05, 0.1) is 6.61 Å². The van der Waals surface area contributed by atoms with E-state index >= 15 is 0 Å². The molecule has 1 aromatic carbocycles. The molecule has 0 unspecified atom stereocenters. The van der Waals surface area contributed by atoms with Crippen molar-refractivity contribution in [3.63, 3.8) is 0 Å². The quantitative estimate of drug-likeness (QED) is 0.844. The topological polar surface area (TPSA) is 26.3 Å². The number of thiophene rings is 1. The molecule has 0 atom stereocenters. The third-order valence-electron chi connectivity index (χ3n) is 3.42. The van der Waals surface area contributed by atoms with Crippen LogP contribution in [0.3, 0.4) is 0 Å². The van der Waals surface area contributed by atoms with Gasteiger partial charge in [0, 0.05) is 23.3 Å².